The zero-order valence-corrected chi connectivity index (χ0v) is 23.8. The van der Waals surface area contributed by atoms with Gasteiger partial charge in [-0.15, -0.1) is 0 Å². The van der Waals surface area contributed by atoms with Crippen LogP contribution in [0.4, 0.5) is 0 Å². The van der Waals surface area contributed by atoms with Crippen molar-refractivity contribution in [3.8, 4) is 23.3 Å². The zero-order valence-electron chi connectivity index (χ0n) is 21.4. The van der Waals surface area contributed by atoms with E-state index in [-0.39, 0.29) is 19.8 Å². The number of methoxy groups -OCH3 is 1. The monoisotopic (exact) mass is 615 g/mol. The van der Waals surface area contributed by atoms with E-state index < -0.39 is 17.9 Å². The third kappa shape index (κ3) is 7.68. The van der Waals surface area contributed by atoms with E-state index in [0.29, 0.717) is 49.2 Å². The smallest absolute Gasteiger partial charge is 0.338 e. The lowest BCUT2D eigenvalue weighted by atomic mass is 9.95. The van der Waals surface area contributed by atoms with Crippen LogP contribution in [0, 0.1) is 11.3 Å². The molecule has 0 fully saturated rings. The third-order valence-corrected chi connectivity index (χ3v) is 5.97. The molecule has 1 aliphatic heterocycles. The number of hydrogen-bond donors (Lipinski definition) is 3. The Labute approximate surface area is 239 Å². The highest BCUT2D eigenvalue weighted by Gasteiger charge is 2.32. The van der Waals surface area contributed by atoms with Gasteiger partial charge in [0.05, 0.1) is 31.5 Å². The normalized spacial score (nSPS) is 14.6. The Balaban J connectivity index is 1.74. The van der Waals surface area contributed by atoms with Gasteiger partial charge in [-0.25, -0.2) is 10.2 Å². The SMILES string of the molecule is CCOC(=O)C1=C(C)NC(=S)N[C@H]1c1ccccc1OCC(=O)NN=Cc1cc(Br)cc(OC)c1OCC#N. The topological polar surface area (TPSA) is 143 Å². The molecule has 0 unspecified atom stereocenters. The standard InChI is InChI=1S/C26H26BrN5O6S/c1-4-36-25(34)22-15(2)30-26(39)31-23(22)18-7-5-6-8-19(18)38-14-21(33)32-29-13-16-11-17(27)12-20(35-3)24(16)37-10-9-28/h5-8,11-13,23H,4,10,14H2,1-3H3,(H,32,33)(H2,30,31,39)/t23-/m0/s1. The molecule has 3 rings (SSSR count). The van der Waals surface area contributed by atoms with Crippen molar-refractivity contribution in [3.05, 3.63) is 63.3 Å². The lowest BCUT2D eigenvalue weighted by molar-refractivity contribution is -0.139. The number of hydrazone groups is 1. The van der Waals surface area contributed by atoms with E-state index in [1.54, 1.807) is 50.2 Å². The van der Waals surface area contributed by atoms with Crippen LogP contribution >= 0.6 is 28.1 Å². The van der Waals surface area contributed by atoms with Crippen LogP contribution in [0.1, 0.15) is 31.0 Å². The van der Waals surface area contributed by atoms with Crippen molar-refractivity contribution < 1.29 is 28.5 Å². The number of thiocarbonyl (C=S) groups is 1. The summed E-state index contributed by atoms with van der Waals surface area (Å²) in [5.74, 6) is 0.0426. The van der Waals surface area contributed by atoms with Gasteiger partial charge in [0.25, 0.3) is 5.91 Å². The van der Waals surface area contributed by atoms with Crippen LogP contribution in [-0.2, 0) is 14.3 Å². The maximum atomic E-state index is 12.7. The molecule has 2 aromatic rings. The van der Waals surface area contributed by atoms with Crippen LogP contribution < -0.4 is 30.3 Å². The Morgan fingerprint density at radius 3 is 2.74 bits per heavy atom. The predicted molar refractivity (Wildman–Crippen MR) is 150 cm³/mol. The van der Waals surface area contributed by atoms with Crippen molar-refractivity contribution in [2.75, 3.05) is 26.9 Å². The molecule has 0 bridgehead atoms. The number of nitrogens with zero attached hydrogens (tertiary/aromatic N) is 2. The fourth-order valence-corrected chi connectivity index (χ4v) is 4.43. The van der Waals surface area contributed by atoms with E-state index in [2.05, 4.69) is 37.1 Å². The number of nitrogens with one attached hydrogen (secondary N) is 3. The lowest BCUT2D eigenvalue weighted by Crippen LogP contribution is -2.45. The second-order valence-corrected chi connectivity index (χ2v) is 9.21. The zero-order chi connectivity index (χ0) is 28.4. The highest BCUT2D eigenvalue weighted by molar-refractivity contribution is 9.10. The molecular formula is C26H26BrN5O6S. The van der Waals surface area contributed by atoms with Gasteiger partial charge < -0.3 is 29.6 Å². The maximum absolute atomic E-state index is 12.7. The largest absolute Gasteiger partial charge is 0.493 e. The summed E-state index contributed by atoms with van der Waals surface area (Å²) in [6.07, 6.45) is 1.37. The minimum Gasteiger partial charge on any atom is -0.493 e. The molecule has 1 heterocycles. The molecule has 204 valence electrons. The quantitative estimate of drug-likeness (QED) is 0.149. The highest BCUT2D eigenvalue weighted by Crippen LogP contribution is 2.35. The summed E-state index contributed by atoms with van der Waals surface area (Å²) in [4.78, 5) is 25.2. The summed E-state index contributed by atoms with van der Waals surface area (Å²) in [7, 11) is 1.47. The molecule has 0 saturated carbocycles. The third-order valence-electron chi connectivity index (χ3n) is 5.30. The number of rotatable bonds is 11. The Kier molecular flexibility index (Phi) is 10.7. The van der Waals surface area contributed by atoms with E-state index >= 15 is 0 Å². The van der Waals surface area contributed by atoms with Gasteiger partial charge in [-0.05, 0) is 44.3 Å². The van der Waals surface area contributed by atoms with E-state index in [1.165, 1.54) is 13.3 Å². The Hall–Kier alpha value is -4.15. The van der Waals surface area contributed by atoms with Crippen LogP contribution in [0.15, 0.2) is 57.2 Å². The Morgan fingerprint density at radius 2 is 2.03 bits per heavy atom. The Bertz CT molecular complexity index is 1360. The summed E-state index contributed by atoms with van der Waals surface area (Å²) < 4.78 is 22.5. The number of benzene rings is 2. The average molecular weight is 616 g/mol. The van der Waals surface area contributed by atoms with Crippen molar-refractivity contribution >= 4 is 51.4 Å². The van der Waals surface area contributed by atoms with Crippen molar-refractivity contribution in [2.24, 2.45) is 5.10 Å². The van der Waals surface area contributed by atoms with Crippen molar-refractivity contribution in [1.29, 1.82) is 5.26 Å². The lowest BCUT2D eigenvalue weighted by Gasteiger charge is -2.30. The van der Waals surface area contributed by atoms with Gasteiger partial charge >= 0.3 is 5.97 Å². The first kappa shape index (κ1) is 29.4. The van der Waals surface area contributed by atoms with Gasteiger partial charge in [-0.2, -0.15) is 10.4 Å². The number of halogens is 1. The molecule has 1 amide bonds. The fourth-order valence-electron chi connectivity index (χ4n) is 3.70. The van der Waals surface area contributed by atoms with Gasteiger partial charge in [0, 0.05) is 21.3 Å². The molecule has 2 aromatic carbocycles. The summed E-state index contributed by atoms with van der Waals surface area (Å²) >= 11 is 8.67. The van der Waals surface area contributed by atoms with Crippen LogP contribution in [0.2, 0.25) is 0 Å². The minimum atomic E-state index is -0.645. The first-order chi connectivity index (χ1) is 18.8. The number of ether oxygens (including phenoxy) is 4. The van der Waals surface area contributed by atoms with Crippen LogP contribution in [-0.4, -0.2) is 50.1 Å². The van der Waals surface area contributed by atoms with Crippen LogP contribution in [0.5, 0.6) is 17.2 Å². The van der Waals surface area contributed by atoms with Gasteiger partial charge in [0.1, 0.15) is 11.8 Å². The number of carbonyl (C=O) groups excluding carboxylic acids is 2. The van der Waals surface area contributed by atoms with Crippen LogP contribution in [0.25, 0.3) is 0 Å². The number of amides is 1. The number of allylic oxidation sites excluding steroid dienone is 1. The number of nitriles is 1. The first-order valence-corrected chi connectivity index (χ1v) is 12.8. The molecule has 3 N–H and O–H groups in total. The van der Waals surface area contributed by atoms with Crippen molar-refractivity contribution in [1.82, 2.24) is 16.1 Å². The Morgan fingerprint density at radius 1 is 1.26 bits per heavy atom. The number of esters is 1. The minimum absolute atomic E-state index is 0.193. The second kappa shape index (κ2) is 14.1. The molecule has 0 spiro atoms. The van der Waals surface area contributed by atoms with E-state index in [4.69, 9.17) is 36.4 Å². The number of hydrogen-bond acceptors (Lipinski definition) is 9. The molecule has 0 radical (unpaired) electrons. The van der Waals surface area contributed by atoms with E-state index in [9.17, 15) is 9.59 Å². The molecule has 11 nitrogen and oxygen atoms in total. The summed E-state index contributed by atoms with van der Waals surface area (Å²) in [5.41, 5.74) is 4.39. The maximum Gasteiger partial charge on any atom is 0.338 e. The van der Waals surface area contributed by atoms with Gasteiger partial charge in [-0.1, -0.05) is 34.1 Å². The molecule has 0 aliphatic carbocycles. The molecule has 39 heavy (non-hydrogen) atoms. The average Bonchev–Trinajstić information content (AvgIpc) is 2.90. The van der Waals surface area contributed by atoms with Crippen LogP contribution in [0.3, 0.4) is 0 Å². The highest BCUT2D eigenvalue weighted by atomic mass is 79.9. The van der Waals surface area contributed by atoms with Gasteiger partial charge in [-0.3, -0.25) is 4.79 Å². The molecule has 1 aliphatic rings. The van der Waals surface area contributed by atoms with Crippen molar-refractivity contribution in [3.63, 3.8) is 0 Å². The van der Waals surface area contributed by atoms with Gasteiger partial charge in [0.2, 0.25) is 0 Å². The number of carbonyl (C=O) groups is 2. The molecule has 0 aromatic heterocycles. The van der Waals surface area contributed by atoms with E-state index in [0.717, 1.165) is 0 Å². The molecular weight excluding hydrogens is 590 g/mol. The fraction of sp³-hybridized carbons (Fsp3) is 0.269. The second-order valence-electron chi connectivity index (χ2n) is 7.88. The molecule has 13 heteroatoms. The number of para-hydroxylation sites is 1. The molecule has 1 atom stereocenters. The summed E-state index contributed by atoms with van der Waals surface area (Å²) in [5, 5.41) is 19.2. The van der Waals surface area contributed by atoms with E-state index in [1.807, 2.05) is 6.07 Å². The summed E-state index contributed by atoms with van der Waals surface area (Å²) in [6.45, 7) is 3.12. The summed E-state index contributed by atoms with van der Waals surface area (Å²) in [6, 6.07) is 11.6. The van der Waals surface area contributed by atoms with Crippen molar-refractivity contribution in [2.45, 2.75) is 19.9 Å². The first-order valence-electron chi connectivity index (χ1n) is 11.6. The van der Waals surface area contributed by atoms with Gasteiger partial charge in [0.15, 0.2) is 29.8 Å². The molecule has 0 saturated heterocycles. The predicted octanol–water partition coefficient (Wildman–Crippen LogP) is 3.25.